The first-order chi connectivity index (χ1) is 10.1. The van der Waals surface area contributed by atoms with Crippen LogP contribution in [-0.2, 0) is 0 Å². The number of tetrazole rings is 1. The summed E-state index contributed by atoms with van der Waals surface area (Å²) >= 11 is 0. The lowest BCUT2D eigenvalue weighted by molar-refractivity contribution is 0.100. The number of nitrogens with zero attached hydrogens (tertiary/aromatic N) is 4. The molecule has 1 heterocycles. The highest BCUT2D eigenvalue weighted by atomic mass is 16.1. The molecule has 1 aromatic heterocycles. The number of nitrogens with two attached hydrogens (primary N) is 2. The van der Waals surface area contributed by atoms with E-state index in [1.807, 2.05) is 30.3 Å². The Hall–Kier alpha value is -3.22. The maximum atomic E-state index is 11.1. The molecule has 0 atom stereocenters. The SMILES string of the molecule is NC(=O)c1ccc(-n2nnc(-c3ccccc3)n2)c(N)c1. The fourth-order valence-corrected chi connectivity index (χ4v) is 1.91. The summed E-state index contributed by atoms with van der Waals surface area (Å²) in [5.41, 5.74) is 13.2. The highest BCUT2D eigenvalue weighted by Gasteiger charge is 2.11. The molecule has 1 amide bonds. The van der Waals surface area contributed by atoms with Gasteiger partial charge in [-0.05, 0) is 23.4 Å². The summed E-state index contributed by atoms with van der Waals surface area (Å²) in [5, 5.41) is 12.3. The van der Waals surface area contributed by atoms with Gasteiger partial charge in [0, 0.05) is 11.1 Å². The lowest BCUT2D eigenvalue weighted by Crippen LogP contribution is -2.12. The Morgan fingerprint density at radius 2 is 1.86 bits per heavy atom. The van der Waals surface area contributed by atoms with Crippen molar-refractivity contribution in [3.05, 3.63) is 54.1 Å². The van der Waals surface area contributed by atoms with Gasteiger partial charge in [0.15, 0.2) is 0 Å². The Kier molecular flexibility index (Phi) is 3.07. The van der Waals surface area contributed by atoms with E-state index in [9.17, 15) is 4.79 Å². The third-order valence-corrected chi connectivity index (χ3v) is 2.97. The second kappa shape index (κ2) is 5.04. The molecule has 3 rings (SSSR count). The van der Waals surface area contributed by atoms with E-state index in [2.05, 4.69) is 15.4 Å². The van der Waals surface area contributed by atoms with E-state index in [1.165, 1.54) is 10.9 Å². The fraction of sp³-hybridized carbons (Fsp3) is 0. The van der Waals surface area contributed by atoms with Gasteiger partial charge >= 0.3 is 0 Å². The van der Waals surface area contributed by atoms with E-state index in [-0.39, 0.29) is 0 Å². The predicted octanol–water partition coefficient (Wildman–Crippen LogP) is 1.01. The lowest BCUT2D eigenvalue weighted by atomic mass is 10.1. The molecule has 0 aliphatic rings. The first kappa shape index (κ1) is 12.8. The molecule has 7 heteroatoms. The average Bonchev–Trinajstić information content (AvgIpc) is 2.97. The Labute approximate surface area is 120 Å². The number of hydrogen-bond acceptors (Lipinski definition) is 5. The van der Waals surface area contributed by atoms with E-state index >= 15 is 0 Å². The van der Waals surface area contributed by atoms with Gasteiger partial charge in [-0.15, -0.1) is 15.0 Å². The van der Waals surface area contributed by atoms with Crippen molar-refractivity contribution in [3.63, 3.8) is 0 Å². The summed E-state index contributed by atoms with van der Waals surface area (Å²) in [7, 11) is 0. The molecule has 0 saturated heterocycles. The molecule has 0 aliphatic heterocycles. The summed E-state index contributed by atoms with van der Waals surface area (Å²) < 4.78 is 0. The summed E-state index contributed by atoms with van der Waals surface area (Å²) in [6, 6.07) is 14.2. The molecule has 0 spiro atoms. The predicted molar refractivity (Wildman–Crippen MR) is 77.5 cm³/mol. The largest absolute Gasteiger partial charge is 0.397 e. The van der Waals surface area contributed by atoms with Crippen molar-refractivity contribution in [1.29, 1.82) is 0 Å². The Bertz CT molecular complexity index is 796. The smallest absolute Gasteiger partial charge is 0.248 e. The average molecular weight is 280 g/mol. The number of carbonyl (C=O) groups is 1. The van der Waals surface area contributed by atoms with E-state index in [4.69, 9.17) is 11.5 Å². The molecule has 0 fully saturated rings. The molecule has 0 bridgehead atoms. The van der Waals surface area contributed by atoms with Crippen LogP contribution in [0.2, 0.25) is 0 Å². The molecule has 4 N–H and O–H groups in total. The minimum Gasteiger partial charge on any atom is -0.397 e. The third kappa shape index (κ3) is 2.44. The maximum Gasteiger partial charge on any atom is 0.248 e. The molecule has 104 valence electrons. The van der Waals surface area contributed by atoms with Crippen LogP contribution in [0.15, 0.2) is 48.5 Å². The Balaban J connectivity index is 1.99. The number of nitrogen functional groups attached to an aromatic ring is 1. The maximum absolute atomic E-state index is 11.1. The molecule has 0 unspecified atom stereocenters. The third-order valence-electron chi connectivity index (χ3n) is 2.97. The Morgan fingerprint density at radius 1 is 1.10 bits per heavy atom. The van der Waals surface area contributed by atoms with Crippen LogP contribution in [0.25, 0.3) is 17.1 Å². The van der Waals surface area contributed by atoms with Crippen LogP contribution < -0.4 is 11.5 Å². The zero-order chi connectivity index (χ0) is 14.8. The van der Waals surface area contributed by atoms with E-state index in [0.717, 1.165) is 5.56 Å². The number of carbonyl (C=O) groups excluding carboxylic acids is 1. The van der Waals surface area contributed by atoms with Crippen LogP contribution in [0.1, 0.15) is 10.4 Å². The van der Waals surface area contributed by atoms with Gasteiger partial charge in [0.1, 0.15) is 5.69 Å². The van der Waals surface area contributed by atoms with Crippen LogP contribution in [0.4, 0.5) is 5.69 Å². The number of rotatable bonds is 3. The monoisotopic (exact) mass is 280 g/mol. The van der Waals surface area contributed by atoms with Crippen molar-refractivity contribution in [2.24, 2.45) is 5.73 Å². The lowest BCUT2D eigenvalue weighted by Gasteiger charge is -2.04. The molecule has 2 aromatic carbocycles. The molecule has 21 heavy (non-hydrogen) atoms. The number of anilines is 1. The number of hydrogen-bond donors (Lipinski definition) is 2. The van der Waals surface area contributed by atoms with Gasteiger partial charge in [0.25, 0.3) is 0 Å². The van der Waals surface area contributed by atoms with Crippen LogP contribution in [0.3, 0.4) is 0 Å². The summed E-state index contributed by atoms with van der Waals surface area (Å²) in [6.07, 6.45) is 0. The molecule has 7 nitrogen and oxygen atoms in total. The van der Waals surface area contributed by atoms with E-state index < -0.39 is 5.91 Å². The van der Waals surface area contributed by atoms with Gasteiger partial charge in [0.2, 0.25) is 11.7 Å². The second-order valence-electron chi connectivity index (χ2n) is 4.41. The minimum absolute atomic E-state index is 0.333. The molecule has 0 aliphatic carbocycles. The molecule has 0 saturated carbocycles. The van der Waals surface area contributed by atoms with Gasteiger partial charge in [-0.25, -0.2) is 0 Å². The normalized spacial score (nSPS) is 10.5. The quantitative estimate of drug-likeness (QED) is 0.695. The van der Waals surface area contributed by atoms with Crippen molar-refractivity contribution < 1.29 is 4.79 Å². The van der Waals surface area contributed by atoms with E-state index in [1.54, 1.807) is 12.1 Å². The number of amides is 1. The summed E-state index contributed by atoms with van der Waals surface area (Å²) in [6.45, 7) is 0. The first-order valence-electron chi connectivity index (χ1n) is 6.20. The topological polar surface area (TPSA) is 113 Å². The second-order valence-corrected chi connectivity index (χ2v) is 4.41. The van der Waals surface area contributed by atoms with Gasteiger partial charge in [0.05, 0.1) is 5.69 Å². The first-order valence-corrected chi connectivity index (χ1v) is 6.20. The van der Waals surface area contributed by atoms with Gasteiger partial charge in [-0.3, -0.25) is 4.79 Å². The zero-order valence-corrected chi connectivity index (χ0v) is 11.0. The molecule has 3 aromatic rings. The van der Waals surface area contributed by atoms with Crippen LogP contribution in [-0.4, -0.2) is 26.1 Å². The number of benzene rings is 2. The van der Waals surface area contributed by atoms with Crippen molar-refractivity contribution in [2.75, 3.05) is 5.73 Å². The van der Waals surface area contributed by atoms with Crippen molar-refractivity contribution >= 4 is 11.6 Å². The van der Waals surface area contributed by atoms with E-state index in [0.29, 0.717) is 22.8 Å². The van der Waals surface area contributed by atoms with Crippen molar-refractivity contribution in [3.8, 4) is 17.1 Å². The molecule has 0 radical (unpaired) electrons. The highest BCUT2D eigenvalue weighted by Crippen LogP contribution is 2.19. The molecular formula is C14H12N6O. The van der Waals surface area contributed by atoms with Gasteiger partial charge < -0.3 is 11.5 Å². The number of aromatic nitrogens is 4. The fourth-order valence-electron chi connectivity index (χ4n) is 1.91. The summed E-state index contributed by atoms with van der Waals surface area (Å²) in [4.78, 5) is 12.4. The van der Waals surface area contributed by atoms with Gasteiger partial charge in [-0.1, -0.05) is 30.3 Å². The van der Waals surface area contributed by atoms with Crippen LogP contribution in [0.5, 0.6) is 0 Å². The zero-order valence-electron chi connectivity index (χ0n) is 11.0. The van der Waals surface area contributed by atoms with Crippen molar-refractivity contribution in [2.45, 2.75) is 0 Å². The Morgan fingerprint density at radius 3 is 2.52 bits per heavy atom. The van der Waals surface area contributed by atoms with Crippen molar-refractivity contribution in [1.82, 2.24) is 20.2 Å². The summed E-state index contributed by atoms with van der Waals surface area (Å²) in [5.74, 6) is -0.0428. The van der Waals surface area contributed by atoms with Gasteiger partial charge in [-0.2, -0.15) is 0 Å². The van der Waals surface area contributed by atoms with Crippen LogP contribution >= 0.6 is 0 Å². The molecular weight excluding hydrogens is 268 g/mol. The minimum atomic E-state index is -0.537. The highest BCUT2D eigenvalue weighted by molar-refractivity contribution is 5.94. The van der Waals surface area contributed by atoms with Crippen LogP contribution in [0, 0.1) is 0 Å². The standard InChI is InChI=1S/C14H12N6O/c15-11-8-10(13(16)21)6-7-12(11)20-18-14(17-19-20)9-4-2-1-3-5-9/h1-8H,15H2,(H2,16,21). The number of primary amides is 1.